The molecule has 1 aromatic carbocycles. The molecule has 3 rings (SSSR count). The van der Waals surface area contributed by atoms with Crippen LogP contribution in [0.2, 0.25) is 0 Å². The Morgan fingerprint density at radius 3 is 2.46 bits per heavy atom. The Balaban J connectivity index is 1.52. The molecule has 2 heterocycles. The Hall–Kier alpha value is -1.77. The minimum Gasteiger partial charge on any atom is -0.350 e. The first-order valence-electron chi connectivity index (χ1n) is 9.56. The van der Waals surface area contributed by atoms with E-state index in [1.54, 1.807) is 35.6 Å². The summed E-state index contributed by atoms with van der Waals surface area (Å²) in [6.07, 6.45) is 1.07. The molecule has 1 aliphatic heterocycles. The Morgan fingerprint density at radius 1 is 1.25 bits per heavy atom. The molecule has 2 aromatic rings. The molecule has 1 N–H and O–H groups in total. The van der Waals surface area contributed by atoms with Crippen LogP contribution in [0.3, 0.4) is 0 Å². The van der Waals surface area contributed by atoms with Gasteiger partial charge in [-0.2, -0.15) is 4.31 Å². The predicted molar refractivity (Wildman–Crippen MR) is 111 cm³/mol. The van der Waals surface area contributed by atoms with Gasteiger partial charge >= 0.3 is 0 Å². The second kappa shape index (κ2) is 8.71. The van der Waals surface area contributed by atoms with Gasteiger partial charge in [-0.05, 0) is 31.9 Å². The van der Waals surface area contributed by atoms with Crippen LogP contribution in [0.25, 0.3) is 0 Å². The number of thiazole rings is 1. The lowest BCUT2D eigenvalue weighted by Gasteiger charge is -2.30. The molecule has 0 radical (unpaired) electrons. The van der Waals surface area contributed by atoms with Crippen molar-refractivity contribution in [2.24, 2.45) is 5.92 Å². The number of sulfonamides is 1. The van der Waals surface area contributed by atoms with E-state index in [0.29, 0.717) is 43.3 Å². The molecule has 0 spiro atoms. The average molecular weight is 422 g/mol. The van der Waals surface area contributed by atoms with Crippen LogP contribution >= 0.6 is 11.3 Å². The molecule has 152 valence electrons. The van der Waals surface area contributed by atoms with Gasteiger partial charge in [0.15, 0.2) is 0 Å². The van der Waals surface area contributed by atoms with Crippen molar-refractivity contribution < 1.29 is 13.2 Å². The normalized spacial score (nSPS) is 16.4. The van der Waals surface area contributed by atoms with Crippen molar-refractivity contribution in [1.29, 1.82) is 0 Å². The van der Waals surface area contributed by atoms with E-state index in [0.717, 1.165) is 16.3 Å². The van der Waals surface area contributed by atoms with Crippen molar-refractivity contribution in [2.75, 3.05) is 13.1 Å². The molecule has 1 amide bonds. The summed E-state index contributed by atoms with van der Waals surface area (Å²) in [4.78, 5) is 17.3. The number of nitrogens with one attached hydrogen (secondary N) is 1. The summed E-state index contributed by atoms with van der Waals surface area (Å²) in [5, 5.41) is 6.00. The highest BCUT2D eigenvalue weighted by molar-refractivity contribution is 7.89. The largest absolute Gasteiger partial charge is 0.350 e. The van der Waals surface area contributed by atoms with Gasteiger partial charge in [-0.15, -0.1) is 11.3 Å². The molecule has 28 heavy (non-hydrogen) atoms. The van der Waals surface area contributed by atoms with E-state index in [1.165, 1.54) is 4.31 Å². The van der Waals surface area contributed by atoms with Crippen molar-refractivity contribution in [2.45, 2.75) is 51.0 Å². The fraction of sp³-hybridized carbons (Fsp3) is 0.500. The number of carbonyl (C=O) groups excluding carboxylic acids is 1. The van der Waals surface area contributed by atoms with Crippen LogP contribution in [-0.2, 0) is 21.4 Å². The van der Waals surface area contributed by atoms with Crippen LogP contribution < -0.4 is 5.32 Å². The molecule has 0 aliphatic carbocycles. The Labute approximate surface area is 171 Å². The van der Waals surface area contributed by atoms with Gasteiger partial charge in [0.05, 0.1) is 22.1 Å². The Bertz CT molecular complexity index is 912. The monoisotopic (exact) mass is 421 g/mol. The van der Waals surface area contributed by atoms with Crippen LogP contribution in [-0.4, -0.2) is 36.7 Å². The first-order chi connectivity index (χ1) is 13.3. The summed E-state index contributed by atoms with van der Waals surface area (Å²) in [7, 11) is -3.50. The summed E-state index contributed by atoms with van der Waals surface area (Å²) in [5.74, 6) is 0.202. The first kappa shape index (κ1) is 21.0. The summed E-state index contributed by atoms with van der Waals surface area (Å²) >= 11 is 1.61. The number of hydrogen-bond donors (Lipinski definition) is 1. The fourth-order valence-electron chi connectivity index (χ4n) is 3.21. The second-order valence-corrected chi connectivity index (χ2v) is 10.4. The van der Waals surface area contributed by atoms with Crippen LogP contribution in [0, 0.1) is 12.8 Å². The summed E-state index contributed by atoms with van der Waals surface area (Å²) < 4.78 is 27.0. The number of amides is 1. The molecule has 6 nitrogen and oxygen atoms in total. The third kappa shape index (κ3) is 4.79. The highest BCUT2D eigenvalue weighted by atomic mass is 32.2. The first-order valence-corrected chi connectivity index (χ1v) is 11.9. The Kier molecular flexibility index (Phi) is 6.52. The van der Waals surface area contributed by atoms with Crippen molar-refractivity contribution >= 4 is 27.3 Å². The number of piperidine rings is 1. The van der Waals surface area contributed by atoms with Gasteiger partial charge in [-0.1, -0.05) is 31.5 Å². The van der Waals surface area contributed by atoms with Gasteiger partial charge in [0.2, 0.25) is 15.9 Å². The minimum atomic E-state index is -3.50. The lowest BCUT2D eigenvalue weighted by molar-refractivity contribution is -0.126. The van der Waals surface area contributed by atoms with Crippen molar-refractivity contribution in [3.8, 4) is 0 Å². The molecule has 1 fully saturated rings. The quantitative estimate of drug-likeness (QED) is 0.776. The molecule has 0 saturated carbocycles. The van der Waals surface area contributed by atoms with Crippen LogP contribution in [0.1, 0.15) is 48.9 Å². The van der Waals surface area contributed by atoms with Gasteiger partial charge in [-0.25, -0.2) is 13.4 Å². The molecule has 0 bridgehead atoms. The van der Waals surface area contributed by atoms with Gasteiger partial charge in [0.25, 0.3) is 0 Å². The van der Waals surface area contributed by atoms with E-state index in [-0.39, 0.29) is 11.8 Å². The molecule has 1 aromatic heterocycles. The molecular formula is C20H27N3O3S2. The lowest BCUT2D eigenvalue weighted by atomic mass is 9.97. The van der Waals surface area contributed by atoms with E-state index in [9.17, 15) is 13.2 Å². The molecule has 1 saturated heterocycles. The summed E-state index contributed by atoms with van der Waals surface area (Å²) in [6.45, 7) is 7.27. The van der Waals surface area contributed by atoms with Crippen molar-refractivity contribution in [1.82, 2.24) is 14.6 Å². The van der Waals surface area contributed by atoms with E-state index in [4.69, 9.17) is 0 Å². The highest BCUT2D eigenvalue weighted by Crippen LogP contribution is 2.24. The number of rotatable bonds is 6. The topological polar surface area (TPSA) is 79.4 Å². The zero-order valence-electron chi connectivity index (χ0n) is 16.5. The number of carbonyl (C=O) groups is 1. The van der Waals surface area contributed by atoms with E-state index >= 15 is 0 Å². The van der Waals surface area contributed by atoms with E-state index in [2.05, 4.69) is 24.1 Å². The van der Waals surface area contributed by atoms with E-state index < -0.39 is 10.0 Å². The van der Waals surface area contributed by atoms with Crippen LogP contribution in [0.15, 0.2) is 34.5 Å². The molecular weight excluding hydrogens is 394 g/mol. The standard InChI is InChI=1S/C20H27N3O3S2/c1-14(2)20-22-17(13-27-20)12-21-19(24)16-8-10-23(11-9-16)28(25,26)18-6-4-15(3)5-7-18/h4-7,13-14,16H,8-12H2,1-3H3,(H,21,24). The number of nitrogens with zero attached hydrogens (tertiary/aromatic N) is 2. The smallest absolute Gasteiger partial charge is 0.243 e. The number of benzene rings is 1. The predicted octanol–water partition coefficient (Wildman–Crippen LogP) is 3.29. The highest BCUT2D eigenvalue weighted by Gasteiger charge is 2.32. The van der Waals surface area contributed by atoms with Crippen LogP contribution in [0.4, 0.5) is 0 Å². The molecule has 1 aliphatic rings. The minimum absolute atomic E-state index is 0.0218. The van der Waals surface area contributed by atoms with Crippen molar-refractivity contribution in [3.63, 3.8) is 0 Å². The van der Waals surface area contributed by atoms with Gasteiger partial charge in [0, 0.05) is 30.3 Å². The zero-order valence-corrected chi connectivity index (χ0v) is 18.1. The number of hydrogen-bond acceptors (Lipinski definition) is 5. The maximum Gasteiger partial charge on any atom is 0.243 e. The molecule has 8 heteroatoms. The second-order valence-electron chi connectivity index (χ2n) is 7.54. The number of aromatic nitrogens is 1. The van der Waals surface area contributed by atoms with Gasteiger partial charge < -0.3 is 5.32 Å². The average Bonchev–Trinajstić information content (AvgIpc) is 3.16. The maximum atomic E-state index is 12.8. The molecule has 0 atom stereocenters. The lowest BCUT2D eigenvalue weighted by Crippen LogP contribution is -2.42. The zero-order chi connectivity index (χ0) is 20.3. The summed E-state index contributed by atoms with van der Waals surface area (Å²) in [5.41, 5.74) is 1.90. The van der Waals surface area contributed by atoms with Crippen molar-refractivity contribution in [3.05, 3.63) is 45.9 Å². The van der Waals surface area contributed by atoms with Gasteiger partial charge in [0.1, 0.15) is 0 Å². The molecule has 0 unspecified atom stereocenters. The number of aryl methyl sites for hydroxylation is 1. The van der Waals surface area contributed by atoms with Gasteiger partial charge in [-0.3, -0.25) is 4.79 Å². The fourth-order valence-corrected chi connectivity index (χ4v) is 5.51. The Morgan fingerprint density at radius 2 is 1.89 bits per heavy atom. The summed E-state index contributed by atoms with van der Waals surface area (Å²) in [6, 6.07) is 6.89. The third-order valence-electron chi connectivity index (χ3n) is 4.99. The van der Waals surface area contributed by atoms with Crippen LogP contribution in [0.5, 0.6) is 0 Å². The van der Waals surface area contributed by atoms with E-state index in [1.807, 2.05) is 12.3 Å². The SMILES string of the molecule is Cc1ccc(S(=O)(=O)N2CCC(C(=O)NCc3csc(C(C)C)n3)CC2)cc1. The maximum absolute atomic E-state index is 12.8. The third-order valence-corrected chi connectivity index (χ3v) is 8.10.